The van der Waals surface area contributed by atoms with Gasteiger partial charge in [-0.3, -0.25) is 0 Å². The second kappa shape index (κ2) is 8.08. The number of aliphatic hydroxyl groups is 3. The normalized spacial score (nSPS) is 29.0. The van der Waals surface area contributed by atoms with Crippen LogP contribution in [0.4, 0.5) is 0 Å². The van der Waals surface area contributed by atoms with Crippen molar-refractivity contribution in [2.75, 3.05) is 13.2 Å². The Morgan fingerprint density at radius 1 is 0.960 bits per heavy atom. The van der Waals surface area contributed by atoms with Crippen LogP contribution in [0.25, 0.3) is 0 Å². The summed E-state index contributed by atoms with van der Waals surface area (Å²) in [4.78, 5) is 0. The summed E-state index contributed by atoms with van der Waals surface area (Å²) in [5.74, 6) is -0.531. The zero-order valence-electron chi connectivity index (χ0n) is 14.0. The Labute approximate surface area is 147 Å². The summed E-state index contributed by atoms with van der Waals surface area (Å²) >= 11 is 0. The van der Waals surface area contributed by atoms with Crippen molar-refractivity contribution in [2.24, 2.45) is 5.92 Å². The first-order valence-electron chi connectivity index (χ1n) is 8.46. The molecule has 0 saturated carbocycles. The van der Waals surface area contributed by atoms with E-state index in [1.807, 2.05) is 60.7 Å². The lowest BCUT2D eigenvalue weighted by Gasteiger charge is -2.31. The van der Waals surface area contributed by atoms with Crippen LogP contribution in [-0.4, -0.2) is 46.5 Å². The quantitative estimate of drug-likeness (QED) is 0.709. The van der Waals surface area contributed by atoms with Gasteiger partial charge in [0.15, 0.2) is 6.29 Å². The second-order valence-electron chi connectivity index (χ2n) is 6.47. The number of rotatable bonds is 7. The van der Waals surface area contributed by atoms with Crippen LogP contribution in [0.5, 0.6) is 0 Å². The topological polar surface area (TPSA) is 79.2 Å². The van der Waals surface area contributed by atoms with E-state index in [1.165, 1.54) is 0 Å². The van der Waals surface area contributed by atoms with E-state index in [0.29, 0.717) is 6.61 Å². The summed E-state index contributed by atoms with van der Waals surface area (Å²) in [5, 5.41) is 30.9. The largest absolute Gasteiger partial charge is 0.394 e. The van der Waals surface area contributed by atoms with Crippen molar-refractivity contribution < 1.29 is 24.8 Å². The van der Waals surface area contributed by atoms with Crippen LogP contribution >= 0.6 is 0 Å². The summed E-state index contributed by atoms with van der Waals surface area (Å²) in [5.41, 5.74) is 0.402. The summed E-state index contributed by atoms with van der Waals surface area (Å²) in [6, 6.07) is 19.2. The lowest BCUT2D eigenvalue weighted by Crippen LogP contribution is -2.48. The van der Waals surface area contributed by atoms with Crippen LogP contribution in [-0.2, 0) is 22.5 Å². The van der Waals surface area contributed by atoms with Crippen LogP contribution in [0.2, 0.25) is 0 Å². The fraction of sp³-hybridized carbons (Fsp3) is 0.400. The Balaban J connectivity index is 1.70. The summed E-state index contributed by atoms with van der Waals surface area (Å²) in [6.07, 6.45) is -1.81. The molecule has 0 aliphatic carbocycles. The van der Waals surface area contributed by atoms with Crippen molar-refractivity contribution in [1.82, 2.24) is 0 Å². The van der Waals surface area contributed by atoms with Gasteiger partial charge in [-0.1, -0.05) is 60.7 Å². The van der Waals surface area contributed by atoms with Gasteiger partial charge in [0.2, 0.25) is 0 Å². The minimum absolute atomic E-state index is 0.181. The molecule has 3 N–H and O–H groups in total. The Hall–Kier alpha value is -1.76. The van der Waals surface area contributed by atoms with E-state index in [4.69, 9.17) is 9.47 Å². The molecule has 1 aliphatic rings. The highest BCUT2D eigenvalue weighted by molar-refractivity contribution is 5.19. The zero-order chi connectivity index (χ0) is 17.7. The predicted molar refractivity (Wildman–Crippen MR) is 92.6 cm³/mol. The SMILES string of the molecule is OC[C@H]1O[C@H](O)[C@@](O)(Cc2ccccc2)[C@@H]1COCc1ccccc1. The molecule has 3 rings (SSSR count). The minimum atomic E-state index is -1.51. The van der Waals surface area contributed by atoms with Crippen molar-refractivity contribution >= 4 is 0 Å². The van der Waals surface area contributed by atoms with E-state index in [9.17, 15) is 15.3 Å². The molecule has 0 amide bonds. The number of ether oxygens (including phenoxy) is 2. The van der Waals surface area contributed by atoms with Crippen molar-refractivity contribution in [1.29, 1.82) is 0 Å². The maximum Gasteiger partial charge on any atom is 0.184 e. The molecule has 2 aromatic carbocycles. The van der Waals surface area contributed by atoms with Gasteiger partial charge in [-0.25, -0.2) is 0 Å². The van der Waals surface area contributed by atoms with E-state index < -0.39 is 23.9 Å². The molecule has 5 heteroatoms. The van der Waals surface area contributed by atoms with Crippen LogP contribution in [0, 0.1) is 5.92 Å². The predicted octanol–water partition coefficient (Wildman–Crippen LogP) is 1.50. The van der Waals surface area contributed by atoms with Crippen LogP contribution < -0.4 is 0 Å². The number of aliphatic hydroxyl groups excluding tert-OH is 2. The highest BCUT2D eigenvalue weighted by atomic mass is 16.6. The third-order valence-electron chi connectivity index (χ3n) is 4.74. The third kappa shape index (κ3) is 4.08. The van der Waals surface area contributed by atoms with Gasteiger partial charge in [0.25, 0.3) is 0 Å². The molecule has 0 unspecified atom stereocenters. The van der Waals surface area contributed by atoms with E-state index in [2.05, 4.69) is 0 Å². The van der Waals surface area contributed by atoms with Crippen LogP contribution in [0.15, 0.2) is 60.7 Å². The summed E-state index contributed by atoms with van der Waals surface area (Å²) in [6.45, 7) is 0.293. The lowest BCUT2D eigenvalue weighted by atomic mass is 9.81. The van der Waals surface area contributed by atoms with E-state index in [0.717, 1.165) is 11.1 Å². The molecule has 0 aromatic heterocycles. The van der Waals surface area contributed by atoms with Crippen LogP contribution in [0.1, 0.15) is 11.1 Å². The fourth-order valence-electron chi connectivity index (χ4n) is 3.32. The first-order chi connectivity index (χ1) is 12.1. The zero-order valence-corrected chi connectivity index (χ0v) is 14.0. The molecule has 2 aromatic rings. The molecule has 1 aliphatic heterocycles. The highest BCUT2D eigenvalue weighted by Crippen LogP contribution is 2.38. The van der Waals surface area contributed by atoms with Gasteiger partial charge in [0, 0.05) is 12.3 Å². The summed E-state index contributed by atoms with van der Waals surface area (Å²) in [7, 11) is 0. The standard InChI is InChI=1S/C20H24O5/c21-12-18-17(14-24-13-16-9-5-2-6-10-16)20(23,19(22)25-18)11-15-7-3-1-4-8-15/h1-10,17-19,21-23H,11-14H2/t17-,18-,19+,20-/m1/s1. The maximum absolute atomic E-state index is 11.1. The van der Waals surface area contributed by atoms with Gasteiger partial charge in [-0.2, -0.15) is 0 Å². The molecule has 1 heterocycles. The van der Waals surface area contributed by atoms with Crippen LogP contribution in [0.3, 0.4) is 0 Å². The number of hydrogen-bond acceptors (Lipinski definition) is 5. The highest BCUT2D eigenvalue weighted by Gasteiger charge is 2.54. The monoisotopic (exact) mass is 344 g/mol. The fourth-order valence-corrected chi connectivity index (χ4v) is 3.32. The van der Waals surface area contributed by atoms with Gasteiger partial charge < -0.3 is 24.8 Å². The molecule has 0 radical (unpaired) electrons. The Morgan fingerprint density at radius 3 is 2.16 bits per heavy atom. The molecular formula is C20H24O5. The van der Waals surface area contributed by atoms with Gasteiger partial charge in [0.1, 0.15) is 5.60 Å². The first kappa shape index (κ1) is 18.0. The second-order valence-corrected chi connectivity index (χ2v) is 6.47. The molecular weight excluding hydrogens is 320 g/mol. The van der Waals surface area contributed by atoms with Gasteiger partial charge in [-0.05, 0) is 11.1 Å². The molecule has 134 valence electrons. The van der Waals surface area contributed by atoms with Crippen molar-refractivity contribution in [3.63, 3.8) is 0 Å². The van der Waals surface area contributed by atoms with E-state index >= 15 is 0 Å². The average Bonchev–Trinajstić information content (AvgIpc) is 2.87. The molecule has 4 atom stereocenters. The third-order valence-corrected chi connectivity index (χ3v) is 4.74. The Morgan fingerprint density at radius 2 is 1.56 bits per heavy atom. The maximum atomic E-state index is 11.1. The molecule has 1 fully saturated rings. The van der Waals surface area contributed by atoms with Crippen molar-refractivity contribution in [3.05, 3.63) is 71.8 Å². The van der Waals surface area contributed by atoms with Crippen molar-refractivity contribution in [3.8, 4) is 0 Å². The van der Waals surface area contributed by atoms with Gasteiger partial charge >= 0.3 is 0 Å². The summed E-state index contributed by atoms with van der Waals surface area (Å²) < 4.78 is 11.1. The number of hydrogen-bond donors (Lipinski definition) is 3. The number of benzene rings is 2. The van der Waals surface area contributed by atoms with Gasteiger partial charge in [0.05, 0.1) is 25.9 Å². The Kier molecular flexibility index (Phi) is 5.83. The van der Waals surface area contributed by atoms with Gasteiger partial charge in [-0.15, -0.1) is 0 Å². The lowest BCUT2D eigenvalue weighted by molar-refractivity contribution is -0.175. The molecule has 0 bridgehead atoms. The van der Waals surface area contributed by atoms with E-state index in [1.54, 1.807) is 0 Å². The van der Waals surface area contributed by atoms with Crippen molar-refractivity contribution in [2.45, 2.75) is 31.0 Å². The first-order valence-corrected chi connectivity index (χ1v) is 8.46. The molecule has 5 nitrogen and oxygen atoms in total. The molecule has 1 saturated heterocycles. The smallest absolute Gasteiger partial charge is 0.184 e. The van der Waals surface area contributed by atoms with E-state index in [-0.39, 0.29) is 19.6 Å². The Bertz CT molecular complexity index is 648. The average molecular weight is 344 g/mol. The minimum Gasteiger partial charge on any atom is -0.394 e. The molecule has 0 spiro atoms. The molecule has 25 heavy (non-hydrogen) atoms.